The standard InChI is InChI=1S/C22H20N4O2S/c1-14-3-2-4-15(11-14)12-24-16-5-7-17(8-6-16)29-19-9-10-23-13-18(19)20-21(27)26-22(28)25-20/h2-11,13,20,24H,12H2,1H3,(H2,25,26,27,28). The van der Waals surface area contributed by atoms with Gasteiger partial charge in [-0.15, -0.1) is 0 Å². The maximum absolute atomic E-state index is 12.0. The molecule has 4 rings (SSSR count). The van der Waals surface area contributed by atoms with Gasteiger partial charge in [-0.3, -0.25) is 15.1 Å². The fourth-order valence-corrected chi connectivity index (χ4v) is 4.08. The number of urea groups is 1. The molecule has 2 heterocycles. The molecule has 3 N–H and O–H groups in total. The summed E-state index contributed by atoms with van der Waals surface area (Å²) in [6, 6.07) is 17.2. The molecule has 29 heavy (non-hydrogen) atoms. The lowest BCUT2D eigenvalue weighted by Crippen LogP contribution is -2.22. The zero-order valence-electron chi connectivity index (χ0n) is 15.8. The van der Waals surface area contributed by atoms with Crippen molar-refractivity contribution in [2.24, 2.45) is 0 Å². The fraction of sp³-hybridized carbons (Fsp3) is 0.136. The summed E-state index contributed by atoms with van der Waals surface area (Å²) < 4.78 is 0. The quantitative estimate of drug-likeness (QED) is 0.540. The minimum absolute atomic E-state index is 0.361. The highest BCUT2D eigenvalue weighted by Crippen LogP contribution is 2.34. The summed E-state index contributed by atoms with van der Waals surface area (Å²) in [4.78, 5) is 29.5. The van der Waals surface area contributed by atoms with Crippen molar-refractivity contribution in [1.29, 1.82) is 0 Å². The number of carbonyl (C=O) groups excluding carboxylic acids is 2. The molecule has 0 saturated carbocycles. The lowest BCUT2D eigenvalue weighted by atomic mass is 10.1. The highest BCUT2D eigenvalue weighted by molar-refractivity contribution is 7.99. The van der Waals surface area contributed by atoms with Crippen molar-refractivity contribution >= 4 is 29.4 Å². The van der Waals surface area contributed by atoms with Gasteiger partial charge in [0.1, 0.15) is 6.04 Å². The molecule has 0 bridgehead atoms. The van der Waals surface area contributed by atoms with Crippen molar-refractivity contribution in [2.75, 3.05) is 5.32 Å². The van der Waals surface area contributed by atoms with Crippen molar-refractivity contribution < 1.29 is 9.59 Å². The molecule has 1 fully saturated rings. The number of rotatable bonds is 6. The Balaban J connectivity index is 1.44. The summed E-state index contributed by atoms with van der Waals surface area (Å²) in [5, 5.41) is 8.32. The summed E-state index contributed by atoms with van der Waals surface area (Å²) in [5.41, 5.74) is 4.20. The van der Waals surface area contributed by atoms with E-state index in [2.05, 4.69) is 52.1 Å². The van der Waals surface area contributed by atoms with Crippen LogP contribution in [0.15, 0.2) is 76.8 Å². The van der Waals surface area contributed by atoms with Crippen molar-refractivity contribution in [3.05, 3.63) is 83.7 Å². The van der Waals surface area contributed by atoms with Crippen LogP contribution in [0.4, 0.5) is 10.5 Å². The van der Waals surface area contributed by atoms with Gasteiger partial charge in [-0.1, -0.05) is 41.6 Å². The third kappa shape index (κ3) is 4.57. The van der Waals surface area contributed by atoms with Crippen molar-refractivity contribution in [3.8, 4) is 0 Å². The third-order valence-corrected chi connectivity index (χ3v) is 5.66. The minimum Gasteiger partial charge on any atom is -0.381 e. The van der Waals surface area contributed by atoms with E-state index in [4.69, 9.17) is 0 Å². The van der Waals surface area contributed by atoms with Gasteiger partial charge in [0.15, 0.2) is 0 Å². The summed E-state index contributed by atoms with van der Waals surface area (Å²) in [7, 11) is 0. The molecule has 1 atom stereocenters. The average molecular weight is 404 g/mol. The van der Waals surface area contributed by atoms with E-state index in [0.717, 1.165) is 22.0 Å². The third-order valence-electron chi connectivity index (χ3n) is 4.56. The van der Waals surface area contributed by atoms with Crippen LogP contribution >= 0.6 is 11.8 Å². The van der Waals surface area contributed by atoms with Gasteiger partial charge in [0.2, 0.25) is 0 Å². The average Bonchev–Trinajstić information content (AvgIpc) is 3.06. The Morgan fingerprint density at radius 1 is 1.10 bits per heavy atom. The molecule has 0 radical (unpaired) electrons. The van der Waals surface area contributed by atoms with Crippen LogP contribution in [0.1, 0.15) is 22.7 Å². The van der Waals surface area contributed by atoms with Crippen LogP contribution in [0, 0.1) is 6.92 Å². The number of aryl methyl sites for hydroxylation is 1. The highest BCUT2D eigenvalue weighted by Gasteiger charge is 2.32. The number of pyridine rings is 1. The van der Waals surface area contributed by atoms with E-state index >= 15 is 0 Å². The number of amides is 3. The first kappa shape index (κ1) is 19.0. The van der Waals surface area contributed by atoms with Crippen LogP contribution in [-0.2, 0) is 11.3 Å². The Morgan fingerprint density at radius 2 is 1.93 bits per heavy atom. The number of aromatic nitrogens is 1. The summed E-state index contributed by atoms with van der Waals surface area (Å²) in [6.45, 7) is 2.85. The molecular formula is C22H20N4O2S. The number of imide groups is 1. The summed E-state index contributed by atoms with van der Waals surface area (Å²) in [6.07, 6.45) is 3.30. The van der Waals surface area contributed by atoms with E-state index in [1.807, 2.05) is 30.3 Å². The molecule has 3 amide bonds. The topological polar surface area (TPSA) is 83.1 Å². The maximum Gasteiger partial charge on any atom is 0.322 e. The number of carbonyl (C=O) groups is 2. The Bertz CT molecular complexity index is 1050. The smallest absolute Gasteiger partial charge is 0.322 e. The fourth-order valence-electron chi connectivity index (χ4n) is 3.13. The van der Waals surface area contributed by atoms with Gasteiger partial charge in [-0.05, 0) is 42.8 Å². The summed E-state index contributed by atoms with van der Waals surface area (Å²) >= 11 is 1.53. The van der Waals surface area contributed by atoms with Gasteiger partial charge in [0.25, 0.3) is 5.91 Å². The molecule has 1 saturated heterocycles. The number of nitrogens with zero attached hydrogens (tertiary/aromatic N) is 1. The molecule has 0 spiro atoms. The van der Waals surface area contributed by atoms with Gasteiger partial charge >= 0.3 is 6.03 Å². The molecular weight excluding hydrogens is 384 g/mol. The molecule has 146 valence electrons. The Labute approximate surface area is 173 Å². The van der Waals surface area contributed by atoms with Gasteiger partial charge in [-0.25, -0.2) is 4.79 Å². The molecule has 1 unspecified atom stereocenters. The predicted octanol–water partition coefficient (Wildman–Crippen LogP) is 4.03. The molecule has 3 aromatic rings. The molecule has 0 aliphatic carbocycles. The van der Waals surface area contributed by atoms with Crippen LogP contribution in [-0.4, -0.2) is 16.9 Å². The van der Waals surface area contributed by atoms with Gasteiger partial charge in [-0.2, -0.15) is 0 Å². The minimum atomic E-state index is -0.714. The van der Waals surface area contributed by atoms with Crippen LogP contribution < -0.4 is 16.0 Å². The van der Waals surface area contributed by atoms with E-state index in [0.29, 0.717) is 5.56 Å². The van der Waals surface area contributed by atoms with E-state index in [-0.39, 0.29) is 5.91 Å². The summed E-state index contributed by atoms with van der Waals surface area (Å²) in [5.74, 6) is -0.361. The van der Waals surface area contributed by atoms with Crippen molar-refractivity contribution in [2.45, 2.75) is 29.3 Å². The largest absolute Gasteiger partial charge is 0.381 e. The van der Waals surface area contributed by atoms with E-state index in [9.17, 15) is 9.59 Å². The zero-order chi connectivity index (χ0) is 20.2. The second kappa shape index (κ2) is 8.36. The molecule has 2 aromatic carbocycles. The number of benzene rings is 2. The number of hydrogen-bond donors (Lipinski definition) is 3. The van der Waals surface area contributed by atoms with Gasteiger partial charge < -0.3 is 10.6 Å². The predicted molar refractivity (Wildman–Crippen MR) is 113 cm³/mol. The monoisotopic (exact) mass is 404 g/mol. The number of nitrogens with one attached hydrogen (secondary N) is 3. The van der Waals surface area contributed by atoms with E-state index < -0.39 is 12.1 Å². The first-order chi connectivity index (χ1) is 14.1. The number of anilines is 1. The Kier molecular flexibility index (Phi) is 5.48. The maximum atomic E-state index is 12.0. The zero-order valence-corrected chi connectivity index (χ0v) is 16.6. The first-order valence-corrected chi connectivity index (χ1v) is 10.0. The van der Waals surface area contributed by atoms with E-state index in [1.165, 1.54) is 22.9 Å². The van der Waals surface area contributed by atoms with Crippen molar-refractivity contribution in [3.63, 3.8) is 0 Å². The second-order valence-corrected chi connectivity index (χ2v) is 7.89. The van der Waals surface area contributed by atoms with Crippen LogP contribution in [0.2, 0.25) is 0 Å². The normalized spacial score (nSPS) is 15.7. The molecule has 6 nitrogen and oxygen atoms in total. The Hall–Kier alpha value is -3.32. The van der Waals surface area contributed by atoms with Crippen molar-refractivity contribution in [1.82, 2.24) is 15.6 Å². The Morgan fingerprint density at radius 3 is 2.66 bits per heavy atom. The van der Waals surface area contributed by atoms with Gasteiger partial charge in [0.05, 0.1) is 0 Å². The lowest BCUT2D eigenvalue weighted by Gasteiger charge is -2.13. The van der Waals surface area contributed by atoms with Crippen LogP contribution in [0.3, 0.4) is 0 Å². The molecule has 1 aliphatic rings. The molecule has 1 aliphatic heterocycles. The number of hydrogen-bond acceptors (Lipinski definition) is 5. The first-order valence-electron chi connectivity index (χ1n) is 9.21. The highest BCUT2D eigenvalue weighted by atomic mass is 32.2. The SMILES string of the molecule is Cc1cccc(CNc2ccc(Sc3ccncc3C3NC(=O)NC3=O)cc2)c1. The van der Waals surface area contributed by atoms with E-state index in [1.54, 1.807) is 12.4 Å². The molecule has 1 aromatic heterocycles. The lowest BCUT2D eigenvalue weighted by molar-refractivity contribution is -0.120. The second-order valence-electron chi connectivity index (χ2n) is 6.78. The van der Waals surface area contributed by atoms with Crippen LogP contribution in [0.5, 0.6) is 0 Å². The van der Waals surface area contributed by atoms with Crippen LogP contribution in [0.25, 0.3) is 0 Å². The molecule has 7 heteroatoms. The van der Waals surface area contributed by atoms with Gasteiger partial charge in [0, 0.05) is 40.0 Å².